The number of thioether (sulfide) groups is 1. The summed E-state index contributed by atoms with van der Waals surface area (Å²) >= 11 is 1.23. The third kappa shape index (κ3) is 6.33. The summed E-state index contributed by atoms with van der Waals surface area (Å²) in [6, 6.07) is 26.4. The topological polar surface area (TPSA) is 140 Å². The first-order valence-electron chi connectivity index (χ1n) is 11.5. The van der Waals surface area contributed by atoms with E-state index < -0.39 is 26.0 Å². The third-order valence-electron chi connectivity index (χ3n) is 5.78. The van der Waals surface area contributed by atoms with Crippen LogP contribution in [0.2, 0.25) is 0 Å². The van der Waals surface area contributed by atoms with Crippen molar-refractivity contribution in [3.05, 3.63) is 114 Å². The molecule has 198 valence electrons. The van der Waals surface area contributed by atoms with Crippen molar-refractivity contribution in [2.24, 2.45) is 0 Å². The van der Waals surface area contributed by atoms with Gasteiger partial charge in [-0.1, -0.05) is 66.4 Å². The van der Waals surface area contributed by atoms with Gasteiger partial charge in [0.25, 0.3) is 15.9 Å². The van der Waals surface area contributed by atoms with E-state index in [1.54, 1.807) is 72.8 Å². The van der Waals surface area contributed by atoms with Gasteiger partial charge in [-0.15, -0.1) is 0 Å². The van der Waals surface area contributed by atoms with Gasteiger partial charge in [-0.05, 0) is 54.1 Å². The average molecular weight is 602 g/mol. The molecule has 1 N–H and O–H groups in total. The summed E-state index contributed by atoms with van der Waals surface area (Å²) in [5.41, 5.74) is 1.79. The number of amides is 1. The Balaban J connectivity index is 0.00000370. The van der Waals surface area contributed by atoms with Crippen molar-refractivity contribution in [2.75, 3.05) is 4.31 Å². The number of rotatable bonds is 8. The van der Waals surface area contributed by atoms with E-state index in [1.807, 2.05) is 0 Å². The first-order valence-corrected chi connectivity index (χ1v) is 15.3. The van der Waals surface area contributed by atoms with Crippen LogP contribution in [0.25, 0.3) is 11.0 Å². The van der Waals surface area contributed by atoms with Gasteiger partial charge in [-0.3, -0.25) is 4.79 Å². The predicted octanol–water partition coefficient (Wildman–Crippen LogP) is 1.80. The van der Waals surface area contributed by atoms with Gasteiger partial charge < -0.3 is 9.54 Å². The zero-order chi connectivity index (χ0) is 27.6. The molecule has 1 heterocycles. The Hall–Kier alpha value is -2.97. The first kappa shape index (κ1) is 30.0. The Morgan fingerprint density at radius 2 is 1.45 bits per heavy atom. The summed E-state index contributed by atoms with van der Waals surface area (Å²) in [5.74, 6) is -0.474. The Labute approximate surface area is 257 Å². The van der Waals surface area contributed by atoms with Crippen molar-refractivity contribution in [1.29, 1.82) is 0 Å². The Bertz CT molecular complexity index is 1880. The average Bonchev–Trinajstić information content (AvgIpc) is 3.35. The summed E-state index contributed by atoms with van der Waals surface area (Å²) in [6.07, 6.45) is 0. The zero-order valence-electron chi connectivity index (χ0n) is 21.1. The minimum Gasteiger partial charge on any atom is -0.744 e. The van der Waals surface area contributed by atoms with E-state index in [0.717, 1.165) is 4.31 Å². The second kappa shape index (κ2) is 12.3. The molecule has 13 heteroatoms. The maximum absolute atomic E-state index is 13.8. The number of aromatic nitrogens is 2. The fourth-order valence-electron chi connectivity index (χ4n) is 3.91. The summed E-state index contributed by atoms with van der Waals surface area (Å²) in [4.78, 5) is 20.7. The standard InChI is InChI=1S/C27H21N3O6S3.Na/c31-26(19-9-3-1-4-10-19)30(38(32,33)21-12-5-2-6-13-21)25-14-8-7-11-20(25)18-37-27-28-23-16-15-22(39(34,35)36)17-24(23)29-27;/h1-17H,18H2,(H,28,29)(H,34,35,36);/q;+1/p-1. The molecular formula is C27H20N3NaO6S3. The SMILES string of the molecule is O=C(c1ccccc1)N(c1ccccc1CSc1nc2ccc(S(=O)(=O)[O-])cc2[nH]1)S(=O)(=O)c1ccccc1.[Na+]. The number of H-pyrrole nitrogens is 1. The monoisotopic (exact) mass is 601 g/mol. The number of para-hydroxylation sites is 1. The van der Waals surface area contributed by atoms with Crippen molar-refractivity contribution < 1.29 is 55.7 Å². The number of carbonyl (C=O) groups excluding carboxylic acids is 1. The molecule has 0 fully saturated rings. The minimum atomic E-state index is -4.62. The number of aromatic amines is 1. The maximum Gasteiger partial charge on any atom is 1.00 e. The van der Waals surface area contributed by atoms with Crippen LogP contribution in [-0.4, -0.2) is 37.3 Å². The van der Waals surface area contributed by atoms with Crippen molar-refractivity contribution in [1.82, 2.24) is 9.97 Å². The normalized spacial score (nSPS) is 11.6. The van der Waals surface area contributed by atoms with Crippen LogP contribution < -0.4 is 33.9 Å². The fourth-order valence-corrected chi connectivity index (χ4v) is 6.76. The molecule has 1 amide bonds. The largest absolute Gasteiger partial charge is 1.00 e. The zero-order valence-corrected chi connectivity index (χ0v) is 25.5. The summed E-state index contributed by atoms with van der Waals surface area (Å²) in [5, 5.41) is 0.423. The van der Waals surface area contributed by atoms with Crippen molar-refractivity contribution in [3.8, 4) is 0 Å². The second-order valence-corrected chi connectivity index (χ2v) is 12.5. The number of fused-ring (bicyclic) bond motifs is 1. The second-order valence-electron chi connectivity index (χ2n) is 8.35. The number of carbonyl (C=O) groups is 1. The summed E-state index contributed by atoms with van der Waals surface area (Å²) in [6.45, 7) is 0. The van der Waals surface area contributed by atoms with E-state index >= 15 is 0 Å². The molecule has 9 nitrogen and oxygen atoms in total. The van der Waals surface area contributed by atoms with Crippen LogP contribution >= 0.6 is 11.8 Å². The number of hydrogen-bond acceptors (Lipinski definition) is 8. The molecule has 5 rings (SSSR count). The van der Waals surface area contributed by atoms with Gasteiger partial charge in [-0.25, -0.2) is 21.8 Å². The van der Waals surface area contributed by atoms with Crippen LogP contribution in [0.15, 0.2) is 118 Å². The molecular weight excluding hydrogens is 582 g/mol. The molecule has 0 aliphatic heterocycles. The Morgan fingerprint density at radius 3 is 2.12 bits per heavy atom. The summed E-state index contributed by atoms with van der Waals surface area (Å²) in [7, 11) is -8.90. The smallest absolute Gasteiger partial charge is 0.744 e. The van der Waals surface area contributed by atoms with Gasteiger partial charge in [0.05, 0.1) is 26.5 Å². The first-order chi connectivity index (χ1) is 18.6. The number of hydrogen-bond donors (Lipinski definition) is 1. The molecule has 0 radical (unpaired) electrons. The van der Waals surface area contributed by atoms with E-state index in [9.17, 15) is 26.2 Å². The van der Waals surface area contributed by atoms with E-state index in [0.29, 0.717) is 21.8 Å². The van der Waals surface area contributed by atoms with Crippen LogP contribution in [-0.2, 0) is 25.9 Å². The van der Waals surface area contributed by atoms with Crippen molar-refractivity contribution >= 4 is 54.5 Å². The van der Waals surface area contributed by atoms with Gasteiger partial charge in [0.15, 0.2) is 5.16 Å². The Kier molecular flexibility index (Phi) is 9.20. The van der Waals surface area contributed by atoms with Gasteiger partial charge in [0.1, 0.15) is 10.1 Å². The molecule has 4 aromatic carbocycles. The molecule has 0 saturated carbocycles. The molecule has 0 atom stereocenters. The van der Waals surface area contributed by atoms with E-state index in [1.165, 1.54) is 42.1 Å². The fraction of sp³-hybridized carbons (Fsp3) is 0.0370. The molecule has 0 bridgehead atoms. The summed E-state index contributed by atoms with van der Waals surface area (Å²) < 4.78 is 62.5. The molecule has 0 saturated heterocycles. The van der Waals surface area contributed by atoms with Gasteiger partial charge in [-0.2, -0.15) is 4.31 Å². The Morgan fingerprint density at radius 1 is 0.825 bits per heavy atom. The number of anilines is 1. The molecule has 0 aliphatic rings. The number of nitrogens with zero attached hydrogens (tertiary/aromatic N) is 2. The number of benzene rings is 4. The molecule has 0 spiro atoms. The number of sulfonamides is 1. The molecule has 1 aromatic heterocycles. The van der Waals surface area contributed by atoms with E-state index in [-0.39, 0.29) is 56.4 Å². The maximum atomic E-state index is 13.8. The third-order valence-corrected chi connectivity index (χ3v) is 9.25. The minimum absolute atomic E-state index is 0. The van der Waals surface area contributed by atoms with Gasteiger partial charge >= 0.3 is 29.6 Å². The quantitative estimate of drug-likeness (QED) is 0.161. The predicted molar refractivity (Wildman–Crippen MR) is 147 cm³/mol. The molecule has 5 aromatic rings. The van der Waals surface area contributed by atoms with Crippen molar-refractivity contribution in [3.63, 3.8) is 0 Å². The molecule has 40 heavy (non-hydrogen) atoms. The molecule has 0 aliphatic carbocycles. The molecule has 0 unspecified atom stereocenters. The number of imidazole rings is 1. The number of nitrogens with one attached hydrogen (secondary N) is 1. The van der Waals surface area contributed by atoms with Crippen LogP contribution in [0.3, 0.4) is 0 Å². The van der Waals surface area contributed by atoms with Crippen LogP contribution in [0.4, 0.5) is 5.69 Å². The van der Waals surface area contributed by atoms with Crippen LogP contribution in [0.1, 0.15) is 15.9 Å². The van der Waals surface area contributed by atoms with E-state index in [4.69, 9.17) is 0 Å². The van der Waals surface area contributed by atoms with Crippen LogP contribution in [0.5, 0.6) is 0 Å². The van der Waals surface area contributed by atoms with E-state index in [2.05, 4.69) is 9.97 Å². The van der Waals surface area contributed by atoms with Gasteiger partial charge in [0.2, 0.25) is 0 Å². The van der Waals surface area contributed by atoms with Crippen LogP contribution in [0, 0.1) is 0 Å². The van der Waals surface area contributed by atoms with Crippen molar-refractivity contribution in [2.45, 2.75) is 20.7 Å². The van der Waals surface area contributed by atoms with Gasteiger partial charge in [0, 0.05) is 11.3 Å².